The minimum Gasteiger partial charge on any atom is -0.544 e. The molecule has 1 aromatic rings. The van der Waals surface area contributed by atoms with Gasteiger partial charge in [-0.3, -0.25) is 0 Å². The molecular formula is C13H20O3Si. The number of rotatable bonds is 6. The van der Waals surface area contributed by atoms with E-state index in [2.05, 4.69) is 20.8 Å². The van der Waals surface area contributed by atoms with Crippen molar-refractivity contribution in [3.05, 3.63) is 29.8 Å². The van der Waals surface area contributed by atoms with Crippen molar-refractivity contribution >= 4 is 14.3 Å². The van der Waals surface area contributed by atoms with Gasteiger partial charge in [-0.15, -0.1) is 0 Å². The van der Waals surface area contributed by atoms with Gasteiger partial charge < -0.3 is 9.53 Å². The van der Waals surface area contributed by atoms with E-state index in [9.17, 15) is 4.79 Å². The van der Waals surface area contributed by atoms with Crippen molar-refractivity contribution in [3.8, 4) is 5.75 Å². The molecule has 17 heavy (non-hydrogen) atoms. The van der Waals surface area contributed by atoms with E-state index in [0.29, 0.717) is 5.56 Å². The summed E-state index contributed by atoms with van der Waals surface area (Å²) in [5.74, 6) is -0.103. The second-order valence-corrected chi connectivity index (χ2v) is 8.87. The molecule has 1 rings (SSSR count). The lowest BCUT2D eigenvalue weighted by atomic mass is 10.2. The molecule has 3 nitrogen and oxygen atoms in total. The number of hydrogen-bond acceptors (Lipinski definition) is 2. The summed E-state index contributed by atoms with van der Waals surface area (Å²) in [7, 11) is -1.65. The third-order valence-corrected chi connectivity index (χ3v) is 7.90. The van der Waals surface area contributed by atoms with Crippen molar-refractivity contribution in [2.75, 3.05) is 0 Å². The fourth-order valence-electron chi connectivity index (χ4n) is 1.88. The van der Waals surface area contributed by atoms with Crippen molar-refractivity contribution in [2.45, 2.75) is 38.9 Å². The van der Waals surface area contributed by atoms with Crippen LogP contribution < -0.4 is 4.43 Å². The Morgan fingerprint density at radius 2 is 1.59 bits per heavy atom. The van der Waals surface area contributed by atoms with Gasteiger partial charge in [0.05, 0.1) is 5.56 Å². The predicted molar refractivity (Wildman–Crippen MR) is 71.2 cm³/mol. The molecular weight excluding hydrogens is 232 g/mol. The van der Waals surface area contributed by atoms with Gasteiger partial charge >= 0.3 is 5.97 Å². The highest BCUT2D eigenvalue weighted by atomic mass is 28.4. The Morgan fingerprint density at radius 1 is 1.12 bits per heavy atom. The van der Waals surface area contributed by atoms with E-state index < -0.39 is 14.3 Å². The molecule has 0 aliphatic heterocycles. The first-order valence-electron chi connectivity index (χ1n) is 6.09. The Hall–Kier alpha value is -1.29. The van der Waals surface area contributed by atoms with Gasteiger partial charge in [0.15, 0.2) is 0 Å². The first-order valence-corrected chi connectivity index (χ1v) is 8.62. The first-order chi connectivity index (χ1) is 8.06. The lowest BCUT2D eigenvalue weighted by molar-refractivity contribution is 0.0697. The predicted octanol–water partition coefficient (Wildman–Crippen LogP) is 3.77. The molecule has 0 amide bonds. The molecule has 0 aromatic heterocycles. The van der Waals surface area contributed by atoms with Crippen molar-refractivity contribution in [1.29, 1.82) is 0 Å². The molecule has 0 heterocycles. The van der Waals surface area contributed by atoms with Gasteiger partial charge in [-0.25, -0.2) is 4.79 Å². The summed E-state index contributed by atoms with van der Waals surface area (Å²) in [5, 5.41) is 8.81. The number of aromatic carboxylic acids is 1. The highest BCUT2D eigenvalue weighted by Gasteiger charge is 2.30. The molecule has 0 radical (unpaired) electrons. The standard InChI is InChI=1S/C13H20O3Si/c1-4-17(5-2,6-3)16-12-9-7-11(8-10-12)13(14)15/h7-10H,4-6H2,1-3H3,(H,14,15). The highest BCUT2D eigenvalue weighted by Crippen LogP contribution is 2.25. The molecule has 0 unspecified atom stereocenters. The second-order valence-electron chi connectivity index (χ2n) is 4.18. The van der Waals surface area contributed by atoms with Crippen LogP contribution in [-0.2, 0) is 0 Å². The molecule has 4 heteroatoms. The Bertz CT molecular complexity index is 360. The van der Waals surface area contributed by atoms with E-state index in [-0.39, 0.29) is 0 Å². The van der Waals surface area contributed by atoms with Crippen LogP contribution in [0.2, 0.25) is 18.1 Å². The lowest BCUT2D eigenvalue weighted by Crippen LogP contribution is -2.39. The SMILES string of the molecule is CC[Si](CC)(CC)Oc1ccc(C(=O)O)cc1. The summed E-state index contributed by atoms with van der Waals surface area (Å²) in [4.78, 5) is 10.7. The minimum absolute atomic E-state index is 0.300. The molecule has 0 fully saturated rings. The fraction of sp³-hybridized carbons (Fsp3) is 0.462. The summed E-state index contributed by atoms with van der Waals surface area (Å²) in [6, 6.07) is 9.95. The number of carbonyl (C=O) groups is 1. The normalized spacial score (nSPS) is 11.2. The average molecular weight is 252 g/mol. The van der Waals surface area contributed by atoms with Crippen LogP contribution in [-0.4, -0.2) is 19.4 Å². The third kappa shape index (κ3) is 3.33. The minimum atomic E-state index is -1.65. The van der Waals surface area contributed by atoms with Crippen molar-refractivity contribution in [1.82, 2.24) is 0 Å². The number of benzene rings is 1. The number of carboxylic acids is 1. The van der Waals surface area contributed by atoms with Crippen LogP contribution in [0.15, 0.2) is 24.3 Å². The van der Waals surface area contributed by atoms with E-state index in [1.165, 1.54) is 0 Å². The molecule has 0 saturated carbocycles. The van der Waals surface area contributed by atoms with Crippen LogP contribution in [0.25, 0.3) is 0 Å². The van der Waals surface area contributed by atoms with Crippen molar-refractivity contribution in [3.63, 3.8) is 0 Å². The molecule has 94 valence electrons. The van der Waals surface area contributed by atoms with Crippen LogP contribution >= 0.6 is 0 Å². The lowest BCUT2D eigenvalue weighted by Gasteiger charge is -2.28. The molecule has 1 aromatic carbocycles. The Kier molecular flexibility index (Phi) is 4.75. The van der Waals surface area contributed by atoms with Gasteiger partial charge in [0, 0.05) is 0 Å². The zero-order chi connectivity index (χ0) is 12.9. The largest absolute Gasteiger partial charge is 0.544 e. The summed E-state index contributed by atoms with van der Waals surface area (Å²) in [6.07, 6.45) is 0. The molecule has 0 aliphatic rings. The van der Waals surface area contributed by atoms with E-state index in [1.54, 1.807) is 24.3 Å². The zero-order valence-electron chi connectivity index (χ0n) is 10.7. The van der Waals surface area contributed by atoms with Crippen molar-refractivity contribution in [2.24, 2.45) is 0 Å². The second kappa shape index (κ2) is 5.86. The van der Waals surface area contributed by atoms with Crippen molar-refractivity contribution < 1.29 is 14.3 Å². The van der Waals surface area contributed by atoms with Gasteiger partial charge in [-0.2, -0.15) is 0 Å². The Morgan fingerprint density at radius 3 is 1.94 bits per heavy atom. The zero-order valence-corrected chi connectivity index (χ0v) is 11.7. The van der Waals surface area contributed by atoms with Gasteiger partial charge in [0.1, 0.15) is 5.75 Å². The third-order valence-electron chi connectivity index (χ3n) is 3.37. The van der Waals surface area contributed by atoms with Crippen LogP contribution in [0.3, 0.4) is 0 Å². The van der Waals surface area contributed by atoms with Crippen LogP contribution in [0.4, 0.5) is 0 Å². The van der Waals surface area contributed by atoms with Crippen LogP contribution in [0.1, 0.15) is 31.1 Å². The molecule has 0 bridgehead atoms. The summed E-state index contributed by atoms with van der Waals surface area (Å²) in [5.41, 5.74) is 0.300. The smallest absolute Gasteiger partial charge is 0.335 e. The van der Waals surface area contributed by atoms with Crippen LogP contribution in [0.5, 0.6) is 5.75 Å². The molecule has 0 atom stereocenters. The first kappa shape index (κ1) is 13.8. The van der Waals surface area contributed by atoms with Gasteiger partial charge in [-0.05, 0) is 42.4 Å². The van der Waals surface area contributed by atoms with E-state index in [0.717, 1.165) is 23.9 Å². The Labute approximate surface area is 104 Å². The monoisotopic (exact) mass is 252 g/mol. The average Bonchev–Trinajstić information content (AvgIpc) is 2.37. The van der Waals surface area contributed by atoms with Gasteiger partial charge in [-0.1, -0.05) is 20.8 Å². The number of carboxylic acid groups (broad SMARTS) is 1. The van der Waals surface area contributed by atoms with E-state index >= 15 is 0 Å². The fourth-order valence-corrected chi connectivity index (χ4v) is 4.45. The summed E-state index contributed by atoms with van der Waals surface area (Å²) in [6.45, 7) is 6.51. The quantitative estimate of drug-likeness (QED) is 0.784. The van der Waals surface area contributed by atoms with Gasteiger partial charge in [0.25, 0.3) is 0 Å². The van der Waals surface area contributed by atoms with Gasteiger partial charge in [0.2, 0.25) is 8.32 Å². The molecule has 1 N–H and O–H groups in total. The Balaban J connectivity index is 2.84. The maximum absolute atomic E-state index is 10.7. The summed E-state index contributed by atoms with van der Waals surface area (Å²) >= 11 is 0. The van der Waals surface area contributed by atoms with E-state index in [4.69, 9.17) is 9.53 Å². The van der Waals surface area contributed by atoms with E-state index in [1.807, 2.05) is 0 Å². The topological polar surface area (TPSA) is 46.5 Å². The highest BCUT2D eigenvalue weighted by molar-refractivity contribution is 6.74. The molecule has 0 spiro atoms. The van der Waals surface area contributed by atoms with Crippen LogP contribution in [0, 0.1) is 0 Å². The molecule has 0 saturated heterocycles. The summed E-state index contributed by atoms with van der Waals surface area (Å²) < 4.78 is 6.13. The number of hydrogen-bond donors (Lipinski definition) is 1. The maximum atomic E-state index is 10.7. The molecule has 0 aliphatic carbocycles. The maximum Gasteiger partial charge on any atom is 0.335 e.